The smallest absolute Gasteiger partial charge is 0.413 e. The van der Waals surface area contributed by atoms with Gasteiger partial charge < -0.3 is 10.1 Å². The molecule has 0 bridgehead atoms. The van der Waals surface area contributed by atoms with Crippen molar-refractivity contribution in [2.24, 2.45) is 0 Å². The summed E-state index contributed by atoms with van der Waals surface area (Å²) in [5, 5.41) is 6.68. The normalized spacial score (nSPS) is 13.9. The molecule has 3 heterocycles. The molecule has 4 rings (SSSR count). The number of amides is 2. The molecule has 2 amide bonds. The zero-order valence-electron chi connectivity index (χ0n) is 15.2. The number of thiazole rings is 2. The van der Waals surface area contributed by atoms with Gasteiger partial charge in [0, 0.05) is 24.4 Å². The minimum absolute atomic E-state index is 0.0862. The van der Waals surface area contributed by atoms with Crippen molar-refractivity contribution in [2.45, 2.75) is 19.9 Å². The largest absolute Gasteiger partial charge is 0.450 e. The van der Waals surface area contributed by atoms with E-state index in [1.165, 1.54) is 22.7 Å². The average molecular weight is 418 g/mol. The van der Waals surface area contributed by atoms with Gasteiger partial charge in [0.15, 0.2) is 10.3 Å². The highest BCUT2D eigenvalue weighted by Gasteiger charge is 2.23. The van der Waals surface area contributed by atoms with E-state index in [0.29, 0.717) is 23.4 Å². The van der Waals surface area contributed by atoms with Crippen LogP contribution >= 0.6 is 22.7 Å². The van der Waals surface area contributed by atoms with Crippen molar-refractivity contribution < 1.29 is 14.3 Å². The zero-order chi connectivity index (χ0) is 19.5. The summed E-state index contributed by atoms with van der Waals surface area (Å²) in [6, 6.07) is 7.80. The predicted molar refractivity (Wildman–Crippen MR) is 110 cm³/mol. The van der Waals surface area contributed by atoms with Gasteiger partial charge in [-0.2, -0.15) is 0 Å². The van der Waals surface area contributed by atoms with Crippen molar-refractivity contribution in [3.8, 4) is 0 Å². The van der Waals surface area contributed by atoms with Crippen molar-refractivity contribution in [3.63, 3.8) is 0 Å². The van der Waals surface area contributed by atoms with Crippen LogP contribution in [0.5, 0.6) is 0 Å². The number of ether oxygens (including phenoxy) is 1. The second-order valence-electron chi connectivity index (χ2n) is 6.23. The van der Waals surface area contributed by atoms with Crippen LogP contribution in [0.3, 0.4) is 0 Å². The molecule has 28 heavy (non-hydrogen) atoms. The molecular weight excluding hydrogens is 398 g/mol. The highest BCUT2D eigenvalue weighted by Crippen LogP contribution is 2.29. The second kappa shape index (κ2) is 8.21. The van der Waals surface area contributed by atoms with Gasteiger partial charge in [-0.05, 0) is 19.1 Å². The predicted octanol–water partition coefficient (Wildman–Crippen LogP) is 3.32. The molecule has 2 N–H and O–H groups in total. The van der Waals surface area contributed by atoms with E-state index in [-0.39, 0.29) is 12.5 Å². The third-order valence-electron chi connectivity index (χ3n) is 4.20. The standard InChI is InChI=1S/C18H19N5O3S2/c1-2-26-18(25)22-17-20-12-7-8-23(9-14(12)28-17)10-15(24)21-16-19-11-5-3-4-6-13(11)27-16/h3-6H,2,7-10H2,1H3,(H,19,21,24)(H,20,22,25). The Morgan fingerprint density at radius 2 is 2.00 bits per heavy atom. The Labute approximate surface area is 169 Å². The van der Waals surface area contributed by atoms with Crippen LogP contribution in [-0.4, -0.2) is 46.6 Å². The summed E-state index contributed by atoms with van der Waals surface area (Å²) in [6.07, 6.45) is 0.241. The molecule has 0 saturated carbocycles. The van der Waals surface area contributed by atoms with Crippen molar-refractivity contribution in [1.29, 1.82) is 0 Å². The Kier molecular flexibility index (Phi) is 5.51. The fourth-order valence-corrected chi connectivity index (χ4v) is 4.90. The first-order valence-electron chi connectivity index (χ1n) is 8.91. The van der Waals surface area contributed by atoms with Crippen LogP contribution in [0.25, 0.3) is 10.2 Å². The minimum Gasteiger partial charge on any atom is -0.450 e. The first-order chi connectivity index (χ1) is 13.6. The van der Waals surface area contributed by atoms with E-state index in [1.54, 1.807) is 6.92 Å². The lowest BCUT2D eigenvalue weighted by Crippen LogP contribution is -2.36. The van der Waals surface area contributed by atoms with Crippen LogP contribution in [0, 0.1) is 0 Å². The average Bonchev–Trinajstić information content (AvgIpc) is 3.23. The Morgan fingerprint density at radius 3 is 2.82 bits per heavy atom. The number of nitrogens with zero attached hydrogens (tertiary/aromatic N) is 3. The van der Waals surface area contributed by atoms with E-state index in [2.05, 4.69) is 25.5 Å². The molecule has 0 atom stereocenters. The summed E-state index contributed by atoms with van der Waals surface area (Å²) in [5.74, 6) is -0.0862. The molecule has 1 aliphatic rings. The van der Waals surface area contributed by atoms with Gasteiger partial charge in [-0.25, -0.2) is 14.8 Å². The first-order valence-corrected chi connectivity index (χ1v) is 10.5. The second-order valence-corrected chi connectivity index (χ2v) is 8.34. The summed E-state index contributed by atoms with van der Waals surface area (Å²) in [6.45, 7) is 3.72. The van der Waals surface area contributed by atoms with Crippen molar-refractivity contribution in [1.82, 2.24) is 14.9 Å². The number of nitrogens with one attached hydrogen (secondary N) is 2. The van der Waals surface area contributed by atoms with E-state index in [9.17, 15) is 9.59 Å². The molecule has 1 aromatic carbocycles. The maximum Gasteiger partial charge on any atom is 0.413 e. The summed E-state index contributed by atoms with van der Waals surface area (Å²) < 4.78 is 5.93. The summed E-state index contributed by atoms with van der Waals surface area (Å²) in [7, 11) is 0. The number of hydrogen-bond acceptors (Lipinski definition) is 8. The number of carbonyl (C=O) groups excluding carboxylic acids is 2. The van der Waals surface area contributed by atoms with E-state index in [1.807, 2.05) is 24.3 Å². The Morgan fingerprint density at radius 1 is 1.18 bits per heavy atom. The number of rotatable bonds is 5. The van der Waals surface area contributed by atoms with Gasteiger partial charge >= 0.3 is 6.09 Å². The zero-order valence-corrected chi connectivity index (χ0v) is 16.9. The van der Waals surface area contributed by atoms with E-state index in [4.69, 9.17) is 4.74 Å². The van der Waals surface area contributed by atoms with Crippen molar-refractivity contribution in [3.05, 3.63) is 34.8 Å². The number of carbonyl (C=O) groups is 2. The van der Waals surface area contributed by atoms with Crippen molar-refractivity contribution in [2.75, 3.05) is 30.3 Å². The molecule has 0 fully saturated rings. The molecule has 8 nitrogen and oxygen atoms in total. The van der Waals surface area contributed by atoms with Crippen LogP contribution in [0.4, 0.5) is 15.1 Å². The van der Waals surface area contributed by atoms with E-state index >= 15 is 0 Å². The first kappa shape index (κ1) is 18.8. The van der Waals surface area contributed by atoms with Gasteiger partial charge in [0.05, 0.1) is 29.1 Å². The monoisotopic (exact) mass is 417 g/mol. The van der Waals surface area contributed by atoms with Gasteiger partial charge in [0.2, 0.25) is 5.91 Å². The lowest BCUT2D eigenvalue weighted by atomic mass is 10.2. The van der Waals surface area contributed by atoms with Gasteiger partial charge in [-0.3, -0.25) is 15.0 Å². The fraction of sp³-hybridized carbons (Fsp3) is 0.333. The molecule has 0 saturated heterocycles. The van der Waals surface area contributed by atoms with Crippen LogP contribution < -0.4 is 10.6 Å². The molecule has 0 aliphatic carbocycles. The maximum absolute atomic E-state index is 12.4. The summed E-state index contributed by atoms with van der Waals surface area (Å²) in [5.41, 5.74) is 1.86. The molecule has 3 aromatic rings. The summed E-state index contributed by atoms with van der Waals surface area (Å²) >= 11 is 2.89. The molecule has 1 aliphatic heterocycles. The third kappa shape index (κ3) is 4.29. The van der Waals surface area contributed by atoms with Gasteiger partial charge in [0.25, 0.3) is 0 Å². The molecule has 0 radical (unpaired) electrons. The lowest BCUT2D eigenvalue weighted by molar-refractivity contribution is -0.117. The van der Waals surface area contributed by atoms with Crippen LogP contribution in [0.1, 0.15) is 17.5 Å². The van der Waals surface area contributed by atoms with E-state index in [0.717, 1.165) is 33.8 Å². The minimum atomic E-state index is -0.499. The quantitative estimate of drug-likeness (QED) is 0.661. The summed E-state index contributed by atoms with van der Waals surface area (Å²) in [4.78, 5) is 36.0. The molecular formula is C18H19N5O3S2. The van der Waals surface area contributed by atoms with Gasteiger partial charge in [-0.15, -0.1) is 0 Å². The highest BCUT2D eigenvalue weighted by atomic mass is 32.1. The SMILES string of the molecule is CCOC(=O)Nc1nc2c(s1)CN(CC(=O)Nc1nc3ccccc3s1)CC2. The van der Waals surface area contributed by atoms with Crippen LogP contribution in [-0.2, 0) is 22.5 Å². The number of para-hydroxylation sites is 1. The third-order valence-corrected chi connectivity index (χ3v) is 6.15. The highest BCUT2D eigenvalue weighted by molar-refractivity contribution is 7.22. The van der Waals surface area contributed by atoms with Gasteiger partial charge in [0.1, 0.15) is 0 Å². The molecule has 0 spiro atoms. The number of benzene rings is 1. The molecule has 10 heteroatoms. The molecule has 0 unspecified atom stereocenters. The van der Waals surface area contributed by atoms with Crippen molar-refractivity contribution >= 4 is 55.2 Å². The van der Waals surface area contributed by atoms with Crippen LogP contribution in [0.2, 0.25) is 0 Å². The Hall–Kier alpha value is -2.56. The number of hydrogen-bond donors (Lipinski definition) is 2. The lowest BCUT2D eigenvalue weighted by Gasteiger charge is -2.24. The van der Waals surface area contributed by atoms with Crippen LogP contribution in [0.15, 0.2) is 24.3 Å². The number of anilines is 2. The molecule has 2 aromatic heterocycles. The topological polar surface area (TPSA) is 96.5 Å². The number of aromatic nitrogens is 2. The Balaban J connectivity index is 1.34. The Bertz CT molecular complexity index is 983. The fourth-order valence-electron chi connectivity index (χ4n) is 2.98. The molecule has 146 valence electrons. The number of fused-ring (bicyclic) bond motifs is 2. The van der Waals surface area contributed by atoms with Gasteiger partial charge in [-0.1, -0.05) is 34.8 Å². The van der Waals surface area contributed by atoms with E-state index < -0.39 is 6.09 Å². The maximum atomic E-state index is 12.4.